The largest absolute Gasteiger partial charge is 0.342 e. The first-order chi connectivity index (χ1) is 12.1. The van der Waals surface area contributed by atoms with Crippen LogP contribution in [0.15, 0.2) is 54.6 Å². The second-order valence-corrected chi connectivity index (χ2v) is 7.35. The van der Waals surface area contributed by atoms with Gasteiger partial charge in [0.15, 0.2) is 0 Å². The summed E-state index contributed by atoms with van der Waals surface area (Å²) in [6, 6.07) is 16.6. The van der Waals surface area contributed by atoms with E-state index in [0.29, 0.717) is 11.7 Å². The minimum absolute atomic E-state index is 0.0491. The lowest BCUT2D eigenvalue weighted by Crippen LogP contribution is -2.34. The van der Waals surface area contributed by atoms with Gasteiger partial charge in [-0.15, -0.1) is 0 Å². The van der Waals surface area contributed by atoms with Gasteiger partial charge in [0.25, 0.3) is 5.69 Å². The molecule has 0 spiro atoms. The van der Waals surface area contributed by atoms with Crippen LogP contribution in [0.2, 0.25) is 0 Å². The number of carbonyl (C=O) groups excluding carboxylic acids is 1. The van der Waals surface area contributed by atoms with Crippen molar-refractivity contribution in [2.45, 2.75) is 18.1 Å². The molecule has 0 saturated carbocycles. The van der Waals surface area contributed by atoms with Crippen LogP contribution in [0.4, 0.5) is 5.69 Å². The zero-order valence-corrected chi connectivity index (χ0v) is 14.7. The van der Waals surface area contributed by atoms with Crippen molar-refractivity contribution in [1.82, 2.24) is 4.90 Å². The molecule has 6 heteroatoms. The van der Waals surface area contributed by atoms with Gasteiger partial charge >= 0.3 is 0 Å². The maximum absolute atomic E-state index is 12.6. The van der Waals surface area contributed by atoms with E-state index in [1.165, 1.54) is 17.7 Å². The zero-order chi connectivity index (χ0) is 17.6. The molecule has 25 heavy (non-hydrogen) atoms. The Bertz CT molecular complexity index is 734. The molecule has 0 radical (unpaired) electrons. The topological polar surface area (TPSA) is 63.4 Å². The van der Waals surface area contributed by atoms with Crippen LogP contribution in [0, 0.1) is 10.1 Å². The van der Waals surface area contributed by atoms with Crippen molar-refractivity contribution >= 4 is 23.4 Å². The first-order valence-corrected chi connectivity index (χ1v) is 9.36. The number of nitrogens with zero attached hydrogens (tertiary/aromatic N) is 2. The summed E-state index contributed by atoms with van der Waals surface area (Å²) in [7, 11) is 0. The Labute approximate surface area is 151 Å². The Kier molecular flexibility index (Phi) is 5.71. The number of benzene rings is 2. The van der Waals surface area contributed by atoms with Crippen LogP contribution in [0.5, 0.6) is 0 Å². The molecule has 3 rings (SSSR count). The Morgan fingerprint density at radius 3 is 2.52 bits per heavy atom. The average Bonchev–Trinajstić information content (AvgIpc) is 2.89. The van der Waals surface area contributed by atoms with Gasteiger partial charge in [-0.05, 0) is 17.5 Å². The SMILES string of the molecule is O=C(Cc1ccc([N+](=O)[O-])cc1)N1CCSC(c2ccccc2)CC1. The number of thioether (sulfide) groups is 1. The Morgan fingerprint density at radius 2 is 1.84 bits per heavy atom. The van der Waals surface area contributed by atoms with Crippen molar-refractivity contribution in [2.24, 2.45) is 0 Å². The van der Waals surface area contributed by atoms with Crippen molar-refractivity contribution in [1.29, 1.82) is 0 Å². The van der Waals surface area contributed by atoms with Gasteiger partial charge in [0, 0.05) is 36.2 Å². The third-order valence-corrected chi connectivity index (χ3v) is 5.70. The predicted octanol–water partition coefficient (Wildman–Crippen LogP) is 3.84. The summed E-state index contributed by atoms with van der Waals surface area (Å²) >= 11 is 1.90. The first kappa shape index (κ1) is 17.5. The van der Waals surface area contributed by atoms with Crippen molar-refractivity contribution in [2.75, 3.05) is 18.8 Å². The van der Waals surface area contributed by atoms with Crippen LogP contribution in [0.1, 0.15) is 22.8 Å². The molecular formula is C19H20N2O3S. The highest BCUT2D eigenvalue weighted by molar-refractivity contribution is 7.99. The van der Waals surface area contributed by atoms with E-state index in [1.807, 2.05) is 22.7 Å². The number of nitro groups is 1. The molecule has 1 atom stereocenters. The molecule has 5 nitrogen and oxygen atoms in total. The second-order valence-electron chi connectivity index (χ2n) is 6.04. The van der Waals surface area contributed by atoms with Gasteiger partial charge in [-0.25, -0.2) is 0 Å². The van der Waals surface area contributed by atoms with Gasteiger partial charge in [-0.1, -0.05) is 42.5 Å². The number of rotatable bonds is 4. The number of amides is 1. The minimum Gasteiger partial charge on any atom is -0.342 e. The third-order valence-electron chi connectivity index (χ3n) is 4.37. The van der Waals surface area contributed by atoms with Crippen LogP contribution in [-0.2, 0) is 11.2 Å². The molecule has 2 aromatic carbocycles. The van der Waals surface area contributed by atoms with Gasteiger partial charge < -0.3 is 4.90 Å². The minimum atomic E-state index is -0.429. The van der Waals surface area contributed by atoms with Gasteiger partial charge in [-0.2, -0.15) is 11.8 Å². The fourth-order valence-corrected chi connectivity index (χ4v) is 4.21. The molecule has 0 aliphatic carbocycles. The molecule has 1 heterocycles. The highest BCUT2D eigenvalue weighted by Gasteiger charge is 2.22. The smallest absolute Gasteiger partial charge is 0.269 e. The molecule has 1 aliphatic heterocycles. The van der Waals surface area contributed by atoms with Gasteiger partial charge in [0.05, 0.1) is 11.3 Å². The summed E-state index contributed by atoms with van der Waals surface area (Å²) in [4.78, 5) is 24.7. The molecular weight excluding hydrogens is 336 g/mol. The molecule has 2 aromatic rings. The zero-order valence-electron chi connectivity index (χ0n) is 13.8. The average molecular weight is 356 g/mol. The molecule has 130 valence electrons. The highest BCUT2D eigenvalue weighted by atomic mass is 32.2. The molecule has 0 aromatic heterocycles. The first-order valence-electron chi connectivity index (χ1n) is 8.31. The van der Waals surface area contributed by atoms with Crippen molar-refractivity contribution in [3.63, 3.8) is 0 Å². The van der Waals surface area contributed by atoms with E-state index in [9.17, 15) is 14.9 Å². The fraction of sp³-hybridized carbons (Fsp3) is 0.316. The van der Waals surface area contributed by atoms with Gasteiger partial charge in [0.2, 0.25) is 5.91 Å². The van der Waals surface area contributed by atoms with E-state index >= 15 is 0 Å². The molecule has 1 amide bonds. The third kappa shape index (κ3) is 4.60. The summed E-state index contributed by atoms with van der Waals surface area (Å²) in [5.74, 6) is 1.01. The quantitative estimate of drug-likeness (QED) is 0.617. The van der Waals surface area contributed by atoms with Crippen LogP contribution < -0.4 is 0 Å². The molecule has 0 bridgehead atoms. The lowest BCUT2D eigenvalue weighted by atomic mass is 10.1. The van der Waals surface area contributed by atoms with E-state index in [1.54, 1.807) is 12.1 Å². The van der Waals surface area contributed by atoms with E-state index in [0.717, 1.165) is 30.8 Å². The maximum atomic E-state index is 12.6. The van der Waals surface area contributed by atoms with E-state index < -0.39 is 4.92 Å². The van der Waals surface area contributed by atoms with E-state index in [4.69, 9.17) is 0 Å². The fourth-order valence-electron chi connectivity index (χ4n) is 2.98. The van der Waals surface area contributed by atoms with Crippen LogP contribution in [-0.4, -0.2) is 34.6 Å². The Morgan fingerprint density at radius 1 is 1.12 bits per heavy atom. The van der Waals surface area contributed by atoms with Crippen molar-refractivity contribution in [3.8, 4) is 0 Å². The summed E-state index contributed by atoms with van der Waals surface area (Å²) in [5.41, 5.74) is 2.18. The predicted molar refractivity (Wildman–Crippen MR) is 99.6 cm³/mol. The number of hydrogen-bond donors (Lipinski definition) is 0. The van der Waals surface area contributed by atoms with E-state index in [-0.39, 0.29) is 11.6 Å². The van der Waals surface area contributed by atoms with Crippen molar-refractivity contribution < 1.29 is 9.72 Å². The summed E-state index contributed by atoms with van der Waals surface area (Å²) in [6.45, 7) is 1.50. The van der Waals surface area contributed by atoms with E-state index in [2.05, 4.69) is 24.3 Å². The number of carbonyl (C=O) groups is 1. The number of nitro benzene ring substituents is 1. The van der Waals surface area contributed by atoms with Gasteiger partial charge in [-0.3, -0.25) is 14.9 Å². The number of hydrogen-bond acceptors (Lipinski definition) is 4. The van der Waals surface area contributed by atoms with Gasteiger partial charge in [0.1, 0.15) is 0 Å². The normalized spacial score (nSPS) is 17.8. The molecule has 1 saturated heterocycles. The van der Waals surface area contributed by atoms with Crippen LogP contribution in [0.3, 0.4) is 0 Å². The standard InChI is InChI=1S/C19H20N2O3S/c22-19(14-15-6-8-17(9-7-15)21(23)24)20-11-10-18(25-13-12-20)16-4-2-1-3-5-16/h1-9,18H,10-14H2. The highest BCUT2D eigenvalue weighted by Crippen LogP contribution is 2.34. The lowest BCUT2D eigenvalue weighted by molar-refractivity contribution is -0.384. The molecule has 1 unspecified atom stereocenters. The molecule has 1 aliphatic rings. The Balaban J connectivity index is 1.58. The second kappa shape index (κ2) is 8.16. The monoisotopic (exact) mass is 356 g/mol. The van der Waals surface area contributed by atoms with Crippen LogP contribution >= 0.6 is 11.8 Å². The molecule has 0 N–H and O–H groups in total. The van der Waals surface area contributed by atoms with Crippen molar-refractivity contribution in [3.05, 3.63) is 75.8 Å². The molecule has 1 fully saturated rings. The number of non-ortho nitro benzene ring substituents is 1. The lowest BCUT2D eigenvalue weighted by Gasteiger charge is -2.20. The maximum Gasteiger partial charge on any atom is 0.269 e. The van der Waals surface area contributed by atoms with Crippen LogP contribution in [0.25, 0.3) is 0 Å². The summed E-state index contributed by atoms with van der Waals surface area (Å²) in [6.07, 6.45) is 1.24. The summed E-state index contributed by atoms with van der Waals surface area (Å²) < 4.78 is 0. The Hall–Kier alpha value is -2.34. The summed E-state index contributed by atoms with van der Waals surface area (Å²) in [5, 5.41) is 11.1.